The van der Waals surface area contributed by atoms with Gasteiger partial charge in [0.25, 0.3) is 0 Å². The summed E-state index contributed by atoms with van der Waals surface area (Å²) in [5, 5.41) is 9.61. The van der Waals surface area contributed by atoms with Gasteiger partial charge in [0.2, 0.25) is 5.91 Å². The van der Waals surface area contributed by atoms with Crippen molar-refractivity contribution in [1.29, 1.82) is 0 Å². The number of carbonyl (C=O) groups is 1. The van der Waals surface area contributed by atoms with Gasteiger partial charge in [0.05, 0.1) is 5.69 Å². The molecule has 0 saturated heterocycles. The number of nitrogens with zero attached hydrogens (tertiary/aromatic N) is 1. The molecule has 0 radical (unpaired) electrons. The van der Waals surface area contributed by atoms with Gasteiger partial charge in [-0.15, -0.1) is 11.3 Å². The predicted octanol–water partition coefficient (Wildman–Crippen LogP) is 5.80. The Labute approximate surface area is 155 Å². The number of hydrogen-bond acceptors (Lipinski definition) is 4. The van der Waals surface area contributed by atoms with E-state index in [1.807, 2.05) is 67.8 Å². The first-order valence-corrected chi connectivity index (χ1v) is 9.16. The van der Waals surface area contributed by atoms with Gasteiger partial charge in [-0.05, 0) is 30.3 Å². The van der Waals surface area contributed by atoms with Crippen molar-refractivity contribution in [2.75, 3.05) is 10.6 Å². The number of rotatable bonds is 5. The highest BCUT2D eigenvalue weighted by atomic mass is 35.5. The highest BCUT2D eigenvalue weighted by Crippen LogP contribution is 2.28. The maximum atomic E-state index is 11.7. The summed E-state index contributed by atoms with van der Waals surface area (Å²) in [4.78, 5) is 16.3. The largest absolute Gasteiger partial charge is 0.331 e. The minimum absolute atomic E-state index is 0.00872. The number of aromatic nitrogens is 1. The molecule has 0 aliphatic heterocycles. The van der Waals surface area contributed by atoms with Gasteiger partial charge in [-0.2, -0.15) is 0 Å². The molecule has 1 aromatic heterocycles. The molecule has 4 nitrogen and oxygen atoms in total. The zero-order valence-electron chi connectivity index (χ0n) is 13.9. The summed E-state index contributed by atoms with van der Waals surface area (Å²) in [6.07, 6.45) is 0. The number of amides is 1. The van der Waals surface area contributed by atoms with Crippen LogP contribution < -0.4 is 10.6 Å². The zero-order valence-corrected chi connectivity index (χ0v) is 15.5. The molecule has 25 heavy (non-hydrogen) atoms. The van der Waals surface area contributed by atoms with E-state index < -0.39 is 0 Å². The standard InChI is InChI=1S/C19H18ClN3OS/c1-12(2)18(24)21-15-8-6-13(7-9-15)17-11-25-19(23-17)22-16-5-3-4-14(20)10-16/h3-12H,1-2H3,(H,21,24)(H,22,23). The third-order valence-corrected chi connectivity index (χ3v) is 4.55. The molecule has 0 aliphatic carbocycles. The van der Waals surface area contributed by atoms with E-state index in [4.69, 9.17) is 11.6 Å². The van der Waals surface area contributed by atoms with Crippen LogP contribution >= 0.6 is 22.9 Å². The molecular formula is C19H18ClN3OS. The highest BCUT2D eigenvalue weighted by molar-refractivity contribution is 7.14. The van der Waals surface area contributed by atoms with Gasteiger partial charge >= 0.3 is 0 Å². The molecule has 6 heteroatoms. The molecule has 0 unspecified atom stereocenters. The first-order valence-electron chi connectivity index (χ1n) is 7.90. The molecule has 0 bridgehead atoms. The van der Waals surface area contributed by atoms with E-state index in [0.717, 1.165) is 27.8 Å². The molecule has 2 N–H and O–H groups in total. The van der Waals surface area contributed by atoms with E-state index in [9.17, 15) is 4.79 Å². The molecule has 0 saturated carbocycles. The first kappa shape index (κ1) is 17.5. The average molecular weight is 372 g/mol. The molecule has 3 rings (SSSR count). The van der Waals surface area contributed by atoms with Crippen LogP contribution in [0.3, 0.4) is 0 Å². The SMILES string of the molecule is CC(C)C(=O)Nc1ccc(-c2csc(Nc3cccc(Cl)c3)n2)cc1. The number of carbonyl (C=O) groups excluding carboxylic acids is 1. The van der Waals surface area contributed by atoms with Crippen LogP contribution in [-0.2, 0) is 4.79 Å². The number of halogens is 1. The molecule has 1 heterocycles. The topological polar surface area (TPSA) is 54.0 Å². The van der Waals surface area contributed by atoms with Crippen LogP contribution in [-0.4, -0.2) is 10.9 Å². The second-order valence-electron chi connectivity index (χ2n) is 5.89. The fourth-order valence-corrected chi connectivity index (χ4v) is 3.09. The Morgan fingerprint density at radius 3 is 2.56 bits per heavy atom. The van der Waals surface area contributed by atoms with Crippen LogP contribution in [0.4, 0.5) is 16.5 Å². The third-order valence-electron chi connectivity index (χ3n) is 3.55. The summed E-state index contributed by atoms with van der Waals surface area (Å²) in [5.74, 6) is -0.0345. The molecular weight excluding hydrogens is 354 g/mol. The van der Waals surface area contributed by atoms with E-state index in [-0.39, 0.29) is 11.8 Å². The zero-order chi connectivity index (χ0) is 17.8. The van der Waals surface area contributed by atoms with Gasteiger partial charge in [0.1, 0.15) is 0 Å². The lowest BCUT2D eigenvalue weighted by Crippen LogP contribution is -2.17. The van der Waals surface area contributed by atoms with Gasteiger partial charge in [-0.1, -0.05) is 43.6 Å². The Balaban J connectivity index is 1.70. The van der Waals surface area contributed by atoms with Gasteiger partial charge < -0.3 is 10.6 Å². The van der Waals surface area contributed by atoms with Gasteiger partial charge in [-0.3, -0.25) is 4.79 Å². The number of nitrogens with one attached hydrogen (secondary N) is 2. The summed E-state index contributed by atoms with van der Waals surface area (Å²) in [5.41, 5.74) is 3.57. The van der Waals surface area contributed by atoms with E-state index in [1.165, 1.54) is 11.3 Å². The number of anilines is 3. The van der Waals surface area contributed by atoms with Gasteiger partial charge in [0.15, 0.2) is 5.13 Å². The maximum absolute atomic E-state index is 11.7. The quantitative estimate of drug-likeness (QED) is 0.595. The van der Waals surface area contributed by atoms with Crippen molar-refractivity contribution in [3.05, 3.63) is 58.9 Å². The third kappa shape index (κ3) is 4.59. The fraction of sp³-hybridized carbons (Fsp3) is 0.158. The second kappa shape index (κ2) is 7.68. The highest BCUT2D eigenvalue weighted by Gasteiger charge is 2.08. The number of thiazole rings is 1. The van der Waals surface area contributed by atoms with Crippen LogP contribution in [0.1, 0.15) is 13.8 Å². The Bertz CT molecular complexity index is 874. The molecule has 128 valence electrons. The van der Waals surface area contributed by atoms with Gasteiger partial charge in [-0.25, -0.2) is 4.98 Å². The van der Waals surface area contributed by atoms with Crippen LogP contribution in [0, 0.1) is 5.92 Å². The Morgan fingerprint density at radius 1 is 1.12 bits per heavy atom. The Hall–Kier alpha value is -2.37. The maximum Gasteiger partial charge on any atom is 0.226 e. The van der Waals surface area contributed by atoms with Crippen molar-refractivity contribution >= 4 is 45.4 Å². The summed E-state index contributed by atoms with van der Waals surface area (Å²) >= 11 is 7.52. The molecule has 3 aromatic rings. The van der Waals surface area contributed by atoms with Crippen molar-refractivity contribution in [2.45, 2.75) is 13.8 Å². The van der Waals surface area contributed by atoms with Crippen molar-refractivity contribution < 1.29 is 4.79 Å². The lowest BCUT2D eigenvalue weighted by molar-refractivity contribution is -0.118. The summed E-state index contributed by atoms with van der Waals surface area (Å²) in [6, 6.07) is 15.2. The minimum atomic E-state index is -0.0432. The fourth-order valence-electron chi connectivity index (χ4n) is 2.16. The predicted molar refractivity (Wildman–Crippen MR) is 106 cm³/mol. The van der Waals surface area contributed by atoms with Crippen LogP contribution in [0.15, 0.2) is 53.9 Å². The summed E-state index contributed by atoms with van der Waals surface area (Å²) in [7, 11) is 0. The molecule has 0 atom stereocenters. The molecule has 0 spiro atoms. The van der Waals surface area contributed by atoms with Crippen molar-refractivity contribution in [3.63, 3.8) is 0 Å². The molecule has 0 aliphatic rings. The lowest BCUT2D eigenvalue weighted by atomic mass is 10.1. The normalized spacial score (nSPS) is 10.7. The number of benzene rings is 2. The summed E-state index contributed by atoms with van der Waals surface area (Å²) < 4.78 is 0. The van der Waals surface area contributed by atoms with Crippen LogP contribution in [0.5, 0.6) is 0 Å². The second-order valence-corrected chi connectivity index (χ2v) is 7.19. The Morgan fingerprint density at radius 2 is 1.88 bits per heavy atom. The van der Waals surface area contributed by atoms with Crippen LogP contribution in [0.2, 0.25) is 5.02 Å². The monoisotopic (exact) mass is 371 g/mol. The van der Waals surface area contributed by atoms with Crippen molar-refractivity contribution in [3.8, 4) is 11.3 Å². The minimum Gasteiger partial charge on any atom is -0.331 e. The lowest BCUT2D eigenvalue weighted by Gasteiger charge is -2.08. The molecule has 2 aromatic carbocycles. The molecule has 1 amide bonds. The van der Waals surface area contributed by atoms with Crippen molar-refractivity contribution in [2.24, 2.45) is 5.92 Å². The summed E-state index contributed by atoms with van der Waals surface area (Å²) in [6.45, 7) is 3.74. The Kier molecular flexibility index (Phi) is 5.36. The van der Waals surface area contributed by atoms with Gasteiger partial charge in [0, 0.05) is 33.3 Å². The van der Waals surface area contributed by atoms with E-state index in [2.05, 4.69) is 15.6 Å². The van der Waals surface area contributed by atoms with E-state index >= 15 is 0 Å². The van der Waals surface area contributed by atoms with Crippen molar-refractivity contribution in [1.82, 2.24) is 4.98 Å². The number of hydrogen-bond donors (Lipinski definition) is 2. The molecule has 0 fully saturated rings. The van der Waals surface area contributed by atoms with E-state index in [1.54, 1.807) is 0 Å². The average Bonchev–Trinajstić information content (AvgIpc) is 3.04. The van der Waals surface area contributed by atoms with E-state index in [0.29, 0.717) is 5.02 Å². The van der Waals surface area contributed by atoms with Crippen LogP contribution in [0.25, 0.3) is 11.3 Å². The first-order chi connectivity index (χ1) is 12.0. The smallest absolute Gasteiger partial charge is 0.226 e.